The first-order valence-corrected chi connectivity index (χ1v) is 8.87. The van der Waals surface area contributed by atoms with Crippen LogP contribution in [0.25, 0.3) is 0 Å². The lowest BCUT2D eigenvalue weighted by Gasteiger charge is -2.30. The molecule has 0 aromatic heterocycles. The van der Waals surface area contributed by atoms with Gasteiger partial charge in [0.1, 0.15) is 5.75 Å². The van der Waals surface area contributed by atoms with Crippen LogP contribution in [0.3, 0.4) is 0 Å². The molecule has 26 heavy (non-hydrogen) atoms. The summed E-state index contributed by atoms with van der Waals surface area (Å²) in [5.74, 6) is 0.797. The Morgan fingerprint density at radius 1 is 0.769 bits per heavy atom. The minimum Gasteiger partial charge on any atom is -0.497 e. The summed E-state index contributed by atoms with van der Waals surface area (Å²) in [7, 11) is 1.66. The molecule has 0 aliphatic rings. The van der Waals surface area contributed by atoms with Gasteiger partial charge in [0.15, 0.2) is 0 Å². The van der Waals surface area contributed by atoms with Crippen molar-refractivity contribution in [2.75, 3.05) is 12.4 Å². The zero-order chi connectivity index (χ0) is 18.4. The van der Waals surface area contributed by atoms with E-state index in [2.05, 4.69) is 24.4 Å². The van der Waals surface area contributed by atoms with Gasteiger partial charge in [-0.3, -0.25) is 0 Å². The van der Waals surface area contributed by atoms with Gasteiger partial charge in [0.2, 0.25) is 0 Å². The van der Waals surface area contributed by atoms with E-state index in [1.165, 1.54) is 0 Å². The maximum atomic E-state index is 10.9. The van der Waals surface area contributed by atoms with Gasteiger partial charge in [-0.2, -0.15) is 0 Å². The zero-order valence-electron chi connectivity index (χ0n) is 15.2. The Bertz CT molecular complexity index is 787. The SMILES string of the molecule is COc1ccc(N[C@H](c2ccccc2)[C@H](C)[C@H](O)c2ccccc2)cc1. The number of aliphatic hydroxyl groups excluding tert-OH is 1. The van der Waals surface area contributed by atoms with Crippen molar-refractivity contribution in [2.24, 2.45) is 5.92 Å². The molecule has 0 aliphatic carbocycles. The van der Waals surface area contributed by atoms with Gasteiger partial charge in [-0.05, 0) is 35.4 Å². The molecule has 3 aromatic carbocycles. The highest BCUT2D eigenvalue weighted by molar-refractivity contribution is 5.48. The minimum absolute atomic E-state index is 0.0260. The first-order valence-electron chi connectivity index (χ1n) is 8.87. The van der Waals surface area contributed by atoms with Gasteiger partial charge in [-0.15, -0.1) is 0 Å². The quantitative estimate of drug-likeness (QED) is 0.616. The van der Waals surface area contributed by atoms with Crippen molar-refractivity contribution in [3.63, 3.8) is 0 Å². The number of aliphatic hydroxyl groups is 1. The van der Waals surface area contributed by atoms with Crippen LogP contribution in [0.15, 0.2) is 84.9 Å². The van der Waals surface area contributed by atoms with Crippen molar-refractivity contribution in [1.29, 1.82) is 0 Å². The van der Waals surface area contributed by atoms with Crippen LogP contribution in [0.1, 0.15) is 30.2 Å². The van der Waals surface area contributed by atoms with Crippen LogP contribution in [0.4, 0.5) is 5.69 Å². The molecular weight excluding hydrogens is 322 g/mol. The summed E-state index contributed by atoms with van der Waals surface area (Å²) < 4.78 is 5.23. The van der Waals surface area contributed by atoms with E-state index in [0.717, 1.165) is 22.6 Å². The normalized spacial score (nSPS) is 14.3. The lowest BCUT2D eigenvalue weighted by molar-refractivity contribution is 0.106. The highest BCUT2D eigenvalue weighted by Gasteiger charge is 2.26. The van der Waals surface area contributed by atoms with E-state index in [1.54, 1.807) is 7.11 Å². The molecular formula is C23H25NO2. The van der Waals surface area contributed by atoms with E-state index >= 15 is 0 Å². The number of benzene rings is 3. The Labute approximate surface area is 155 Å². The summed E-state index contributed by atoms with van der Waals surface area (Å²) in [5.41, 5.74) is 3.06. The Morgan fingerprint density at radius 2 is 1.31 bits per heavy atom. The molecule has 3 rings (SSSR count). The van der Waals surface area contributed by atoms with Crippen LogP contribution < -0.4 is 10.1 Å². The number of rotatable bonds is 7. The van der Waals surface area contributed by atoms with E-state index in [1.807, 2.05) is 72.8 Å². The zero-order valence-corrected chi connectivity index (χ0v) is 15.2. The topological polar surface area (TPSA) is 41.5 Å². The van der Waals surface area contributed by atoms with E-state index < -0.39 is 6.10 Å². The number of hydrogen-bond acceptors (Lipinski definition) is 3. The standard InChI is InChI=1S/C23H25NO2/c1-17(23(25)19-11-7-4-8-12-19)22(18-9-5-3-6-10-18)24-20-13-15-21(26-2)16-14-20/h3-17,22-25H,1-2H3/t17-,22-,23-/m0/s1. The fraction of sp³-hybridized carbons (Fsp3) is 0.217. The number of methoxy groups -OCH3 is 1. The van der Waals surface area contributed by atoms with Gasteiger partial charge >= 0.3 is 0 Å². The van der Waals surface area contributed by atoms with E-state index in [4.69, 9.17) is 4.74 Å². The Kier molecular flexibility index (Phi) is 5.92. The van der Waals surface area contributed by atoms with Crippen LogP contribution in [0.5, 0.6) is 5.75 Å². The minimum atomic E-state index is -0.563. The second-order valence-corrected chi connectivity index (χ2v) is 6.48. The molecule has 0 bridgehead atoms. The maximum Gasteiger partial charge on any atom is 0.119 e. The molecule has 0 saturated carbocycles. The molecule has 0 saturated heterocycles. The molecule has 134 valence electrons. The van der Waals surface area contributed by atoms with Gasteiger partial charge in [0.25, 0.3) is 0 Å². The fourth-order valence-electron chi connectivity index (χ4n) is 3.18. The number of anilines is 1. The van der Waals surface area contributed by atoms with E-state index in [0.29, 0.717) is 0 Å². The van der Waals surface area contributed by atoms with Gasteiger partial charge in [0, 0.05) is 11.6 Å². The van der Waals surface area contributed by atoms with Crippen molar-refractivity contribution in [2.45, 2.75) is 19.1 Å². The molecule has 3 heteroatoms. The lowest BCUT2D eigenvalue weighted by atomic mass is 9.86. The molecule has 0 fully saturated rings. The molecule has 0 heterocycles. The fourth-order valence-corrected chi connectivity index (χ4v) is 3.18. The summed E-state index contributed by atoms with van der Waals surface area (Å²) in [4.78, 5) is 0. The van der Waals surface area contributed by atoms with Gasteiger partial charge < -0.3 is 15.2 Å². The van der Waals surface area contributed by atoms with Gasteiger partial charge in [0.05, 0.1) is 19.3 Å². The summed E-state index contributed by atoms with van der Waals surface area (Å²) in [6, 6.07) is 27.9. The molecule has 2 N–H and O–H groups in total. The maximum absolute atomic E-state index is 10.9. The summed E-state index contributed by atoms with van der Waals surface area (Å²) in [5, 5.41) is 14.5. The van der Waals surface area contributed by atoms with Crippen LogP contribution in [-0.4, -0.2) is 12.2 Å². The Morgan fingerprint density at radius 3 is 1.85 bits per heavy atom. The predicted octanol–water partition coefficient (Wildman–Crippen LogP) is 5.22. The summed E-state index contributed by atoms with van der Waals surface area (Å²) in [6.45, 7) is 2.08. The summed E-state index contributed by atoms with van der Waals surface area (Å²) >= 11 is 0. The van der Waals surface area contributed by atoms with Crippen LogP contribution in [0, 0.1) is 5.92 Å². The number of nitrogens with one attached hydrogen (secondary N) is 1. The van der Waals surface area contributed by atoms with Crippen LogP contribution >= 0.6 is 0 Å². The highest BCUT2D eigenvalue weighted by Crippen LogP contribution is 2.35. The monoisotopic (exact) mass is 347 g/mol. The average molecular weight is 347 g/mol. The van der Waals surface area contributed by atoms with Gasteiger partial charge in [-0.1, -0.05) is 67.6 Å². The van der Waals surface area contributed by atoms with Crippen molar-refractivity contribution in [1.82, 2.24) is 0 Å². The third-order valence-corrected chi connectivity index (χ3v) is 4.74. The molecule has 0 radical (unpaired) electrons. The number of ether oxygens (including phenoxy) is 1. The van der Waals surface area contributed by atoms with Crippen LogP contribution in [0.2, 0.25) is 0 Å². The van der Waals surface area contributed by atoms with Crippen molar-refractivity contribution >= 4 is 5.69 Å². The molecule has 3 atom stereocenters. The van der Waals surface area contributed by atoms with Crippen LogP contribution in [-0.2, 0) is 0 Å². The number of hydrogen-bond donors (Lipinski definition) is 2. The van der Waals surface area contributed by atoms with Gasteiger partial charge in [-0.25, -0.2) is 0 Å². The lowest BCUT2D eigenvalue weighted by Crippen LogP contribution is -2.24. The molecule has 3 nitrogen and oxygen atoms in total. The molecule has 0 unspecified atom stereocenters. The Balaban J connectivity index is 1.87. The largest absolute Gasteiger partial charge is 0.497 e. The first-order chi connectivity index (χ1) is 12.7. The molecule has 0 aliphatic heterocycles. The van der Waals surface area contributed by atoms with Crippen molar-refractivity contribution < 1.29 is 9.84 Å². The van der Waals surface area contributed by atoms with E-state index in [9.17, 15) is 5.11 Å². The third kappa shape index (κ3) is 4.24. The van der Waals surface area contributed by atoms with Crippen molar-refractivity contribution in [3.8, 4) is 5.75 Å². The average Bonchev–Trinajstić information content (AvgIpc) is 2.72. The second-order valence-electron chi connectivity index (χ2n) is 6.48. The summed E-state index contributed by atoms with van der Waals surface area (Å²) in [6.07, 6.45) is -0.563. The molecule has 0 spiro atoms. The Hall–Kier alpha value is -2.78. The third-order valence-electron chi connectivity index (χ3n) is 4.74. The smallest absolute Gasteiger partial charge is 0.119 e. The van der Waals surface area contributed by atoms with E-state index in [-0.39, 0.29) is 12.0 Å². The highest BCUT2D eigenvalue weighted by atomic mass is 16.5. The van der Waals surface area contributed by atoms with Crippen molar-refractivity contribution in [3.05, 3.63) is 96.1 Å². The predicted molar refractivity (Wildman–Crippen MR) is 106 cm³/mol. The molecule has 0 amide bonds. The molecule has 3 aromatic rings. The second kappa shape index (κ2) is 8.54. The first kappa shape index (κ1) is 18.0.